The Kier molecular flexibility index (Phi) is 9.02. The summed E-state index contributed by atoms with van der Waals surface area (Å²) in [4.78, 5) is 21.4. The predicted octanol–water partition coefficient (Wildman–Crippen LogP) is 3.52. The van der Waals surface area contributed by atoms with Crippen LogP contribution in [0.5, 0.6) is 0 Å². The molecule has 0 spiro atoms. The van der Waals surface area contributed by atoms with Crippen molar-refractivity contribution in [3.8, 4) is 0 Å². The Morgan fingerprint density at radius 3 is 2.42 bits per heavy atom. The lowest BCUT2D eigenvalue weighted by molar-refractivity contribution is -0.117. The van der Waals surface area contributed by atoms with E-state index in [1.807, 2.05) is 38.5 Å². The van der Waals surface area contributed by atoms with Crippen LogP contribution in [0.25, 0.3) is 0 Å². The zero-order valence-electron chi connectivity index (χ0n) is 19.8. The normalized spacial score (nSPS) is 15.4. The molecule has 10 heteroatoms. The fraction of sp³-hybridized carbons (Fsp3) is 0.522. The highest BCUT2D eigenvalue weighted by Crippen LogP contribution is 2.30. The Hall–Kier alpha value is -2.27. The van der Waals surface area contributed by atoms with Gasteiger partial charge in [0.15, 0.2) is 11.4 Å². The van der Waals surface area contributed by atoms with E-state index in [0.717, 1.165) is 47.4 Å². The number of rotatable bonds is 8. The minimum atomic E-state index is -0.500. The number of likely N-dealkylation sites (tertiary alicyclic amines) is 1. The number of nitrogens with one attached hydrogen (secondary N) is 2. The van der Waals surface area contributed by atoms with Crippen LogP contribution >= 0.6 is 23.6 Å². The number of thiazole rings is 1. The molecule has 1 atom stereocenters. The van der Waals surface area contributed by atoms with Crippen LogP contribution in [0.2, 0.25) is 0 Å². The van der Waals surface area contributed by atoms with Gasteiger partial charge in [0.05, 0.1) is 11.0 Å². The topological polar surface area (TPSA) is 79.0 Å². The summed E-state index contributed by atoms with van der Waals surface area (Å²) in [5.74, 6) is 0.116. The third-order valence-electron chi connectivity index (χ3n) is 5.75. The molecule has 1 amide bonds. The molecule has 1 aliphatic rings. The number of carbonyl (C=O) groups is 1. The molecule has 1 saturated heterocycles. The molecule has 0 bridgehead atoms. The molecular formula is C23H33N5O3S2. The fourth-order valence-corrected chi connectivity index (χ4v) is 5.08. The number of hydrogen-bond donors (Lipinski definition) is 2. The van der Waals surface area contributed by atoms with E-state index in [2.05, 4.69) is 37.6 Å². The van der Waals surface area contributed by atoms with Crippen molar-refractivity contribution in [1.82, 2.24) is 15.2 Å². The summed E-state index contributed by atoms with van der Waals surface area (Å²) in [5.41, 5.74) is 2.57. The van der Waals surface area contributed by atoms with Gasteiger partial charge in [-0.05, 0) is 56.2 Å². The monoisotopic (exact) mass is 491 g/mol. The van der Waals surface area contributed by atoms with Gasteiger partial charge in [-0.2, -0.15) is 0 Å². The molecule has 0 aliphatic carbocycles. The van der Waals surface area contributed by atoms with E-state index in [9.17, 15) is 4.79 Å². The van der Waals surface area contributed by atoms with E-state index in [-0.39, 0.29) is 11.9 Å². The lowest BCUT2D eigenvalue weighted by atomic mass is 9.98. The van der Waals surface area contributed by atoms with E-state index in [1.165, 1.54) is 0 Å². The molecule has 2 aromatic rings. The Morgan fingerprint density at radius 1 is 1.21 bits per heavy atom. The number of piperidine rings is 1. The highest BCUT2D eigenvalue weighted by atomic mass is 32.1. The second kappa shape index (κ2) is 11.7. The number of methoxy groups -OCH3 is 2. The number of hydrogen-bond acceptors (Lipinski definition) is 7. The van der Waals surface area contributed by atoms with Crippen molar-refractivity contribution in [1.29, 1.82) is 0 Å². The average Bonchev–Trinajstić information content (AvgIpc) is 3.31. The van der Waals surface area contributed by atoms with Gasteiger partial charge in [-0.15, -0.1) is 11.3 Å². The molecule has 3 rings (SSSR count). The largest absolute Gasteiger partial charge is 0.378 e. The maximum absolute atomic E-state index is 12.5. The molecule has 2 N–H and O–H groups in total. The van der Waals surface area contributed by atoms with Crippen molar-refractivity contribution >= 4 is 45.9 Å². The Labute approximate surface area is 205 Å². The molecule has 33 heavy (non-hydrogen) atoms. The first kappa shape index (κ1) is 25.4. The Balaban J connectivity index is 1.50. The van der Waals surface area contributed by atoms with Gasteiger partial charge in [0, 0.05) is 64.1 Å². The molecule has 0 saturated carbocycles. The SMILES string of the molecule is COC(OC)C(C)NC(=O)c1csc(C2CCN(C(=S)Nc3ccc(N(C)C)cc3)CC2)n1. The van der Waals surface area contributed by atoms with Crippen LogP contribution in [0, 0.1) is 0 Å². The van der Waals surface area contributed by atoms with Crippen molar-refractivity contribution < 1.29 is 14.3 Å². The number of carbonyl (C=O) groups excluding carboxylic acids is 1. The minimum Gasteiger partial charge on any atom is -0.378 e. The first-order valence-corrected chi connectivity index (χ1v) is 12.3. The quantitative estimate of drug-likeness (QED) is 0.429. The van der Waals surface area contributed by atoms with Gasteiger partial charge in [0.1, 0.15) is 5.69 Å². The lowest BCUT2D eigenvalue weighted by Crippen LogP contribution is -2.43. The van der Waals surface area contributed by atoms with Crippen LogP contribution in [0.4, 0.5) is 11.4 Å². The predicted molar refractivity (Wildman–Crippen MR) is 137 cm³/mol. The van der Waals surface area contributed by atoms with Gasteiger partial charge >= 0.3 is 0 Å². The van der Waals surface area contributed by atoms with E-state index in [1.54, 1.807) is 25.6 Å². The summed E-state index contributed by atoms with van der Waals surface area (Å²) in [6.45, 7) is 3.55. The Bertz CT molecular complexity index is 922. The van der Waals surface area contributed by atoms with Gasteiger partial charge in [-0.1, -0.05) is 0 Å². The number of amides is 1. The molecule has 8 nitrogen and oxygen atoms in total. The number of ether oxygens (including phenoxy) is 2. The summed E-state index contributed by atoms with van der Waals surface area (Å²) in [6, 6.07) is 7.93. The van der Waals surface area contributed by atoms with Crippen LogP contribution in [0.1, 0.15) is 41.2 Å². The first-order valence-electron chi connectivity index (χ1n) is 11.0. The van der Waals surface area contributed by atoms with Crippen LogP contribution in [0.15, 0.2) is 29.6 Å². The number of thiocarbonyl (C=S) groups is 1. The van der Waals surface area contributed by atoms with E-state index in [4.69, 9.17) is 21.7 Å². The second-order valence-corrected chi connectivity index (χ2v) is 9.58. The summed E-state index contributed by atoms with van der Waals surface area (Å²) in [7, 11) is 7.14. The molecular weight excluding hydrogens is 458 g/mol. The van der Waals surface area contributed by atoms with Crippen LogP contribution in [-0.4, -0.2) is 74.6 Å². The standard InChI is InChI=1S/C23H33N5O3S2/c1-15(22(30-4)31-5)24-20(29)19-14-33-21(26-19)16-10-12-28(13-11-16)23(32)25-17-6-8-18(9-7-17)27(2)3/h6-9,14-16,22H,10-13H2,1-5H3,(H,24,29)(H,25,32). The zero-order valence-corrected chi connectivity index (χ0v) is 21.5. The summed E-state index contributed by atoms with van der Waals surface area (Å²) < 4.78 is 10.4. The third-order valence-corrected chi connectivity index (χ3v) is 7.12. The number of aromatic nitrogens is 1. The molecule has 0 radical (unpaired) electrons. The smallest absolute Gasteiger partial charge is 0.271 e. The molecule has 1 aliphatic heterocycles. The summed E-state index contributed by atoms with van der Waals surface area (Å²) in [5, 5.41) is 9.79. The third kappa shape index (κ3) is 6.63. The van der Waals surface area contributed by atoms with Gasteiger partial charge < -0.3 is 29.9 Å². The van der Waals surface area contributed by atoms with E-state index >= 15 is 0 Å². The van der Waals surface area contributed by atoms with Crippen LogP contribution < -0.4 is 15.5 Å². The highest BCUT2D eigenvalue weighted by Gasteiger charge is 2.26. The lowest BCUT2D eigenvalue weighted by Gasteiger charge is -2.33. The summed E-state index contributed by atoms with van der Waals surface area (Å²) in [6.07, 6.45) is 1.39. The van der Waals surface area contributed by atoms with Gasteiger partial charge in [0.25, 0.3) is 5.91 Å². The summed E-state index contributed by atoms with van der Waals surface area (Å²) >= 11 is 7.17. The Morgan fingerprint density at radius 2 is 1.85 bits per heavy atom. The van der Waals surface area contributed by atoms with Crippen molar-refractivity contribution in [2.45, 2.75) is 38.0 Å². The van der Waals surface area contributed by atoms with Gasteiger partial charge in [-0.25, -0.2) is 4.98 Å². The molecule has 180 valence electrons. The second-order valence-electron chi connectivity index (χ2n) is 8.31. The first-order chi connectivity index (χ1) is 15.8. The number of nitrogens with zero attached hydrogens (tertiary/aromatic N) is 3. The van der Waals surface area contributed by atoms with Gasteiger partial charge in [0.2, 0.25) is 0 Å². The molecule has 1 fully saturated rings. The molecule has 1 unspecified atom stereocenters. The number of anilines is 2. The number of benzene rings is 1. The highest BCUT2D eigenvalue weighted by molar-refractivity contribution is 7.80. The van der Waals surface area contributed by atoms with Crippen molar-refractivity contribution in [2.24, 2.45) is 0 Å². The van der Waals surface area contributed by atoms with Crippen LogP contribution in [-0.2, 0) is 9.47 Å². The maximum atomic E-state index is 12.5. The van der Waals surface area contributed by atoms with Crippen molar-refractivity contribution in [3.05, 3.63) is 40.3 Å². The minimum absolute atomic E-state index is 0.216. The van der Waals surface area contributed by atoms with Crippen molar-refractivity contribution in [2.75, 3.05) is 51.6 Å². The van der Waals surface area contributed by atoms with Gasteiger partial charge in [-0.3, -0.25) is 4.79 Å². The van der Waals surface area contributed by atoms with E-state index < -0.39 is 6.29 Å². The average molecular weight is 492 g/mol. The van der Waals surface area contributed by atoms with Crippen molar-refractivity contribution in [3.63, 3.8) is 0 Å². The fourth-order valence-electron chi connectivity index (χ4n) is 3.81. The molecule has 1 aromatic carbocycles. The van der Waals surface area contributed by atoms with E-state index in [0.29, 0.717) is 11.6 Å². The zero-order chi connectivity index (χ0) is 24.0. The molecule has 2 heterocycles. The molecule has 1 aromatic heterocycles. The van der Waals surface area contributed by atoms with Crippen LogP contribution in [0.3, 0.4) is 0 Å². The maximum Gasteiger partial charge on any atom is 0.271 e.